The summed E-state index contributed by atoms with van der Waals surface area (Å²) < 4.78 is 15.5. The molecule has 0 radical (unpaired) electrons. The van der Waals surface area contributed by atoms with Crippen molar-refractivity contribution in [3.05, 3.63) is 72.6 Å². The minimum Gasteiger partial charge on any atom is -0.360 e. The molecule has 0 atom stereocenters. The molecule has 1 aliphatic rings. The predicted octanol–water partition coefficient (Wildman–Crippen LogP) is 4.57. The Morgan fingerprint density at radius 1 is 1.08 bits per heavy atom. The Morgan fingerprint density at radius 2 is 1.76 bits per heavy atom. The third kappa shape index (κ3) is 5.25. The molecule has 1 saturated heterocycles. The van der Waals surface area contributed by atoms with Crippen LogP contribution >= 0.6 is 0 Å². The molecule has 0 spiro atoms. The zero-order valence-electron chi connectivity index (χ0n) is 21.1. The van der Waals surface area contributed by atoms with Gasteiger partial charge in [0, 0.05) is 23.0 Å². The van der Waals surface area contributed by atoms with Crippen LogP contribution in [0, 0.1) is 5.82 Å². The maximum atomic E-state index is 13.5. The Hall–Kier alpha value is -4.02. The highest BCUT2D eigenvalue weighted by Gasteiger charge is 2.27. The number of hydrogen-bond acceptors (Lipinski definition) is 5. The molecule has 3 heterocycles. The van der Waals surface area contributed by atoms with Gasteiger partial charge in [-0.1, -0.05) is 0 Å². The molecule has 192 valence electrons. The number of imidazole rings is 2. The second kappa shape index (κ2) is 9.79. The van der Waals surface area contributed by atoms with E-state index >= 15 is 0 Å². The Labute approximate surface area is 214 Å². The van der Waals surface area contributed by atoms with Gasteiger partial charge in [-0.3, -0.25) is 4.79 Å². The molecule has 0 aliphatic carbocycles. The Balaban J connectivity index is 1.33. The van der Waals surface area contributed by atoms with Crippen LogP contribution in [0.2, 0.25) is 0 Å². The van der Waals surface area contributed by atoms with Crippen LogP contribution in [0.5, 0.6) is 0 Å². The molecule has 0 bridgehead atoms. The van der Waals surface area contributed by atoms with Gasteiger partial charge in [0.25, 0.3) is 5.91 Å². The lowest BCUT2D eigenvalue weighted by Crippen LogP contribution is -2.55. The van der Waals surface area contributed by atoms with E-state index in [0.29, 0.717) is 36.0 Å². The molecule has 9 nitrogen and oxygen atoms in total. The number of carbonyl (C=O) groups excluding carboxylic acids is 1. The molecule has 1 fully saturated rings. The van der Waals surface area contributed by atoms with Crippen LogP contribution in [0.3, 0.4) is 0 Å². The number of hydrogen-bond donors (Lipinski definition) is 3. The summed E-state index contributed by atoms with van der Waals surface area (Å²) in [6, 6.07) is 13.9. The highest BCUT2D eigenvalue weighted by Crippen LogP contribution is 2.32. The lowest BCUT2D eigenvalue weighted by molar-refractivity contribution is -1.09. The molecule has 37 heavy (non-hydrogen) atoms. The smallest absolute Gasteiger partial charge is 0.273 e. The summed E-state index contributed by atoms with van der Waals surface area (Å²) in [5, 5.41) is 13.0. The van der Waals surface area contributed by atoms with E-state index in [1.165, 1.54) is 18.3 Å². The summed E-state index contributed by atoms with van der Waals surface area (Å²) in [6.07, 6.45) is 3.23. The first-order valence-corrected chi connectivity index (χ1v) is 12.3. The van der Waals surface area contributed by atoms with Gasteiger partial charge < -0.3 is 19.8 Å². The largest absolute Gasteiger partial charge is 0.360 e. The SMILES string of the molecule is CC(C)n1cnc(-c2ccc(F)cc2)c1-c1ncc(C(=O)Nc2ccc(N3CC[N+](C)(O)CC3)cc2)[nH]1. The van der Waals surface area contributed by atoms with Crippen LogP contribution in [0.1, 0.15) is 30.4 Å². The third-order valence-electron chi connectivity index (χ3n) is 6.71. The fourth-order valence-corrected chi connectivity index (χ4v) is 4.47. The molecule has 1 aliphatic heterocycles. The zero-order valence-corrected chi connectivity index (χ0v) is 21.1. The van der Waals surface area contributed by atoms with Gasteiger partial charge in [0.05, 0.1) is 38.4 Å². The molecular formula is C27H31FN7O2+. The number of anilines is 2. The number of piperazine rings is 1. The Bertz CT molecular complexity index is 1380. The van der Waals surface area contributed by atoms with Crippen molar-refractivity contribution >= 4 is 17.3 Å². The maximum absolute atomic E-state index is 13.5. The van der Waals surface area contributed by atoms with E-state index < -0.39 is 0 Å². The molecule has 2 aromatic carbocycles. The van der Waals surface area contributed by atoms with Crippen molar-refractivity contribution in [1.82, 2.24) is 19.5 Å². The van der Waals surface area contributed by atoms with E-state index in [1.54, 1.807) is 18.5 Å². The van der Waals surface area contributed by atoms with Gasteiger partial charge in [0.1, 0.15) is 30.3 Å². The van der Waals surface area contributed by atoms with Gasteiger partial charge in [0.15, 0.2) is 5.82 Å². The standard InChI is InChI=1S/C27H30FN7O2/c1-18(2)34-17-30-24(19-4-6-20(28)7-5-19)25(34)26-29-16-23(32-26)27(36)31-21-8-10-22(11-9-21)33-12-14-35(3,37)15-13-33/h4-11,16-18,37H,12-15H2,1-3H3,(H-,29,31,32,36)/p+1. The number of likely N-dealkylation sites (N-methyl/N-ethyl adjacent to an activating group) is 1. The summed E-state index contributed by atoms with van der Waals surface area (Å²) in [6.45, 7) is 6.93. The molecule has 10 heteroatoms. The summed E-state index contributed by atoms with van der Waals surface area (Å²) >= 11 is 0. The van der Waals surface area contributed by atoms with Crippen molar-refractivity contribution in [1.29, 1.82) is 0 Å². The number of halogens is 1. The summed E-state index contributed by atoms with van der Waals surface area (Å²) in [5.41, 5.74) is 4.18. The highest BCUT2D eigenvalue weighted by molar-refractivity contribution is 6.03. The number of aromatic nitrogens is 4. The lowest BCUT2D eigenvalue weighted by Gasteiger charge is -2.37. The normalized spacial score (nSPS) is 15.2. The van der Waals surface area contributed by atoms with Gasteiger partial charge in [-0.15, -0.1) is 0 Å². The quantitative estimate of drug-likeness (QED) is 0.334. The number of H-pyrrole nitrogens is 1. The Kier molecular flexibility index (Phi) is 6.53. The molecule has 3 N–H and O–H groups in total. The van der Waals surface area contributed by atoms with E-state index in [4.69, 9.17) is 0 Å². The number of carbonyl (C=O) groups is 1. The average Bonchev–Trinajstić information content (AvgIpc) is 3.53. The highest BCUT2D eigenvalue weighted by atomic mass is 19.1. The van der Waals surface area contributed by atoms with Crippen LogP contribution in [0.25, 0.3) is 22.8 Å². The molecule has 5 rings (SSSR count). The minimum absolute atomic E-state index is 0.0418. The van der Waals surface area contributed by atoms with E-state index in [9.17, 15) is 14.4 Å². The number of amides is 1. The average molecular weight is 505 g/mol. The number of nitrogens with one attached hydrogen (secondary N) is 2. The van der Waals surface area contributed by atoms with Crippen LogP contribution in [0.4, 0.5) is 15.8 Å². The van der Waals surface area contributed by atoms with Crippen molar-refractivity contribution < 1.29 is 19.0 Å². The zero-order chi connectivity index (χ0) is 26.2. The number of aromatic amines is 1. The fraction of sp³-hybridized carbons (Fsp3) is 0.296. The first kappa shape index (κ1) is 24.7. The molecule has 0 unspecified atom stereocenters. The van der Waals surface area contributed by atoms with Crippen molar-refractivity contribution in [2.45, 2.75) is 19.9 Å². The number of hydroxylamine groups is 3. The van der Waals surface area contributed by atoms with Crippen LogP contribution in [-0.2, 0) is 0 Å². The van der Waals surface area contributed by atoms with E-state index in [2.05, 4.69) is 25.2 Å². The molecular weight excluding hydrogens is 473 g/mol. The van der Waals surface area contributed by atoms with E-state index in [1.807, 2.05) is 49.7 Å². The molecule has 1 amide bonds. The summed E-state index contributed by atoms with van der Waals surface area (Å²) in [4.78, 5) is 27.4. The first-order valence-electron chi connectivity index (χ1n) is 12.3. The third-order valence-corrected chi connectivity index (χ3v) is 6.71. The molecule has 2 aromatic heterocycles. The van der Waals surface area contributed by atoms with Crippen LogP contribution < -0.4 is 10.2 Å². The van der Waals surface area contributed by atoms with Crippen molar-refractivity contribution in [3.63, 3.8) is 0 Å². The van der Waals surface area contributed by atoms with E-state index in [0.717, 1.165) is 30.0 Å². The summed E-state index contributed by atoms with van der Waals surface area (Å²) in [5.74, 6) is -0.121. The van der Waals surface area contributed by atoms with Gasteiger partial charge in [-0.05, 0) is 62.4 Å². The topological polar surface area (TPSA) is 99.1 Å². The lowest BCUT2D eigenvalue weighted by atomic mass is 10.1. The van der Waals surface area contributed by atoms with E-state index in [-0.39, 0.29) is 22.4 Å². The second-order valence-corrected chi connectivity index (χ2v) is 9.87. The number of rotatable bonds is 6. The van der Waals surface area contributed by atoms with Gasteiger partial charge >= 0.3 is 0 Å². The van der Waals surface area contributed by atoms with Gasteiger partial charge in [0.2, 0.25) is 0 Å². The van der Waals surface area contributed by atoms with Crippen LogP contribution in [0.15, 0.2) is 61.1 Å². The van der Waals surface area contributed by atoms with Gasteiger partial charge in [-0.2, -0.15) is 4.65 Å². The number of benzene rings is 2. The minimum atomic E-state index is -0.318. The second-order valence-electron chi connectivity index (χ2n) is 9.87. The molecule has 0 saturated carbocycles. The Morgan fingerprint density at radius 3 is 2.41 bits per heavy atom. The fourth-order valence-electron chi connectivity index (χ4n) is 4.47. The van der Waals surface area contributed by atoms with Gasteiger partial charge in [-0.25, -0.2) is 19.6 Å². The predicted molar refractivity (Wildman–Crippen MR) is 140 cm³/mol. The maximum Gasteiger partial charge on any atom is 0.273 e. The number of quaternary nitrogens is 1. The van der Waals surface area contributed by atoms with Crippen molar-refractivity contribution in [2.24, 2.45) is 0 Å². The van der Waals surface area contributed by atoms with Crippen LogP contribution in [-0.4, -0.2) is 68.5 Å². The monoisotopic (exact) mass is 504 g/mol. The first-order chi connectivity index (χ1) is 17.7. The number of nitrogens with zero attached hydrogens (tertiary/aromatic N) is 5. The van der Waals surface area contributed by atoms with Crippen molar-refractivity contribution in [2.75, 3.05) is 43.4 Å². The molecule has 4 aromatic rings. The summed E-state index contributed by atoms with van der Waals surface area (Å²) in [7, 11) is 1.82. The van der Waals surface area contributed by atoms with Crippen molar-refractivity contribution in [3.8, 4) is 22.8 Å².